The van der Waals surface area contributed by atoms with Gasteiger partial charge in [0, 0.05) is 53.1 Å². The van der Waals surface area contributed by atoms with Crippen LogP contribution in [0.25, 0.3) is 32.9 Å². The van der Waals surface area contributed by atoms with Gasteiger partial charge < -0.3 is 4.98 Å². The number of hydrogen-bond acceptors (Lipinski definition) is 4. The number of H-pyrrole nitrogens is 1. The van der Waals surface area contributed by atoms with E-state index in [1.54, 1.807) is 10.9 Å². The normalized spacial score (nSPS) is 11.3. The molecule has 0 bridgehead atoms. The number of carbonyl (C=O) groups is 1. The van der Waals surface area contributed by atoms with E-state index in [-0.39, 0.29) is 12.2 Å². The van der Waals surface area contributed by atoms with Crippen molar-refractivity contribution in [3.05, 3.63) is 78.6 Å². The maximum absolute atomic E-state index is 12.7. The van der Waals surface area contributed by atoms with Crippen molar-refractivity contribution in [2.75, 3.05) is 0 Å². The summed E-state index contributed by atoms with van der Waals surface area (Å²) in [5.74, 6) is 0.529. The molecule has 0 unspecified atom stereocenters. The van der Waals surface area contributed by atoms with E-state index in [4.69, 9.17) is 0 Å². The summed E-state index contributed by atoms with van der Waals surface area (Å²) in [5, 5.41) is 6.18. The van der Waals surface area contributed by atoms with Crippen molar-refractivity contribution in [2.24, 2.45) is 7.05 Å². The minimum atomic E-state index is 0.00543. The lowest BCUT2D eigenvalue weighted by Crippen LogP contribution is -2.07. The van der Waals surface area contributed by atoms with E-state index in [9.17, 15) is 4.79 Å². The Kier molecular flexibility index (Phi) is 3.76. The van der Waals surface area contributed by atoms with Gasteiger partial charge in [0.1, 0.15) is 5.82 Å². The van der Waals surface area contributed by atoms with Crippen LogP contribution in [0.4, 0.5) is 0 Å². The Balaban J connectivity index is 1.45. The van der Waals surface area contributed by atoms with E-state index in [1.807, 2.05) is 68.1 Å². The third-order valence-corrected chi connectivity index (χ3v) is 4.86. The van der Waals surface area contributed by atoms with E-state index in [0.717, 1.165) is 32.9 Å². The van der Waals surface area contributed by atoms with Crippen molar-refractivity contribution < 1.29 is 4.79 Å². The van der Waals surface area contributed by atoms with E-state index in [1.165, 1.54) is 0 Å². The van der Waals surface area contributed by atoms with Crippen molar-refractivity contribution in [3.8, 4) is 11.1 Å². The SMILES string of the molecule is Cn1cc(-c2ccc3cnc(CC(=O)c4ccc5[nH]ccc5c4)nc3c2)cn1. The highest BCUT2D eigenvalue weighted by Crippen LogP contribution is 2.23. The van der Waals surface area contributed by atoms with E-state index >= 15 is 0 Å². The zero-order chi connectivity index (χ0) is 19.1. The quantitative estimate of drug-likeness (QED) is 0.488. The molecule has 1 N–H and O–H groups in total. The molecule has 0 fully saturated rings. The molecule has 3 aromatic heterocycles. The van der Waals surface area contributed by atoms with Gasteiger partial charge >= 0.3 is 0 Å². The van der Waals surface area contributed by atoms with E-state index in [2.05, 4.69) is 20.1 Å². The molecule has 6 heteroatoms. The van der Waals surface area contributed by atoms with Gasteiger partial charge in [-0.2, -0.15) is 5.10 Å². The van der Waals surface area contributed by atoms with Crippen LogP contribution < -0.4 is 0 Å². The van der Waals surface area contributed by atoms with Crippen LogP contribution >= 0.6 is 0 Å². The fourth-order valence-corrected chi connectivity index (χ4v) is 3.37. The number of aromatic amines is 1. The second-order valence-electron chi connectivity index (χ2n) is 6.84. The van der Waals surface area contributed by atoms with Crippen molar-refractivity contribution in [2.45, 2.75) is 6.42 Å². The molecule has 0 aliphatic carbocycles. The zero-order valence-electron chi connectivity index (χ0n) is 15.3. The summed E-state index contributed by atoms with van der Waals surface area (Å²) in [5.41, 5.74) is 4.57. The van der Waals surface area contributed by atoms with Crippen molar-refractivity contribution >= 4 is 27.6 Å². The minimum Gasteiger partial charge on any atom is -0.361 e. The maximum Gasteiger partial charge on any atom is 0.170 e. The lowest BCUT2D eigenvalue weighted by molar-refractivity contribution is 0.0991. The van der Waals surface area contributed by atoms with Crippen LogP contribution in [-0.2, 0) is 13.5 Å². The highest BCUT2D eigenvalue weighted by atomic mass is 16.1. The van der Waals surface area contributed by atoms with Gasteiger partial charge in [-0.05, 0) is 35.9 Å². The lowest BCUT2D eigenvalue weighted by Gasteiger charge is -2.05. The summed E-state index contributed by atoms with van der Waals surface area (Å²) >= 11 is 0. The number of aryl methyl sites for hydroxylation is 1. The molecule has 0 radical (unpaired) electrons. The smallest absolute Gasteiger partial charge is 0.170 e. The molecule has 5 aromatic rings. The number of aromatic nitrogens is 5. The molecule has 0 saturated heterocycles. The molecule has 0 saturated carbocycles. The summed E-state index contributed by atoms with van der Waals surface area (Å²) in [4.78, 5) is 24.8. The number of nitrogens with one attached hydrogen (secondary N) is 1. The zero-order valence-corrected chi connectivity index (χ0v) is 15.3. The van der Waals surface area contributed by atoms with Gasteiger partial charge in [-0.1, -0.05) is 12.1 Å². The summed E-state index contributed by atoms with van der Waals surface area (Å²) in [6.07, 6.45) is 7.59. The fraction of sp³-hybridized carbons (Fsp3) is 0.0909. The number of Topliss-reactive ketones (excluding diaryl/α,β-unsaturated/α-hetero) is 1. The summed E-state index contributed by atoms with van der Waals surface area (Å²) in [7, 11) is 1.89. The average molecular weight is 367 g/mol. The fourth-order valence-electron chi connectivity index (χ4n) is 3.37. The van der Waals surface area contributed by atoms with Gasteiger partial charge in [0.25, 0.3) is 0 Å². The van der Waals surface area contributed by atoms with Crippen LogP contribution in [0, 0.1) is 0 Å². The topological polar surface area (TPSA) is 76.5 Å². The lowest BCUT2D eigenvalue weighted by atomic mass is 10.1. The molecule has 0 atom stereocenters. The van der Waals surface area contributed by atoms with Crippen LogP contribution in [-0.4, -0.2) is 30.5 Å². The second kappa shape index (κ2) is 6.42. The van der Waals surface area contributed by atoms with Gasteiger partial charge in [-0.15, -0.1) is 0 Å². The van der Waals surface area contributed by atoms with Gasteiger partial charge in [-0.25, -0.2) is 9.97 Å². The van der Waals surface area contributed by atoms with Gasteiger partial charge in [0.2, 0.25) is 0 Å². The van der Waals surface area contributed by atoms with Crippen LogP contribution in [0.3, 0.4) is 0 Å². The molecular formula is C22H17N5O. The molecule has 0 aliphatic rings. The van der Waals surface area contributed by atoms with Gasteiger partial charge in [0.05, 0.1) is 18.1 Å². The number of rotatable bonds is 4. The summed E-state index contributed by atoms with van der Waals surface area (Å²) < 4.78 is 1.77. The number of carbonyl (C=O) groups excluding carboxylic acids is 1. The van der Waals surface area contributed by atoms with E-state index < -0.39 is 0 Å². The minimum absolute atomic E-state index is 0.00543. The van der Waals surface area contributed by atoms with Crippen molar-refractivity contribution in [3.63, 3.8) is 0 Å². The predicted molar refractivity (Wildman–Crippen MR) is 108 cm³/mol. The standard InChI is InChI=1S/C22H17N5O/c1-27-13-18(12-25-27)14-2-3-17-11-24-22(26-20(17)9-14)10-21(28)16-4-5-19-15(8-16)6-7-23-19/h2-9,11-13,23H,10H2,1H3. The Hall–Kier alpha value is -3.80. The number of fused-ring (bicyclic) bond motifs is 2. The van der Waals surface area contributed by atoms with Crippen LogP contribution in [0.5, 0.6) is 0 Å². The Morgan fingerprint density at radius 2 is 1.96 bits per heavy atom. The number of nitrogens with zero attached hydrogens (tertiary/aromatic N) is 4. The molecule has 0 spiro atoms. The highest BCUT2D eigenvalue weighted by molar-refractivity contribution is 6.00. The van der Waals surface area contributed by atoms with Gasteiger partial charge in [0.15, 0.2) is 5.78 Å². The Morgan fingerprint density at radius 3 is 2.82 bits per heavy atom. The number of benzene rings is 2. The highest BCUT2D eigenvalue weighted by Gasteiger charge is 2.11. The third-order valence-electron chi connectivity index (χ3n) is 4.86. The molecule has 3 heterocycles. The second-order valence-corrected chi connectivity index (χ2v) is 6.84. The molecule has 2 aromatic carbocycles. The number of ketones is 1. The predicted octanol–water partition coefficient (Wildman–Crippen LogP) is 3.94. The van der Waals surface area contributed by atoms with Crippen LogP contribution in [0.1, 0.15) is 16.2 Å². The molecule has 0 amide bonds. The van der Waals surface area contributed by atoms with Crippen molar-refractivity contribution in [1.82, 2.24) is 24.7 Å². The third kappa shape index (κ3) is 2.95. The first-order chi connectivity index (χ1) is 13.7. The molecule has 5 rings (SSSR count). The maximum atomic E-state index is 12.7. The molecule has 0 aliphatic heterocycles. The van der Waals surface area contributed by atoms with Crippen LogP contribution in [0.2, 0.25) is 0 Å². The first-order valence-corrected chi connectivity index (χ1v) is 9.01. The molecule has 6 nitrogen and oxygen atoms in total. The molecular weight excluding hydrogens is 350 g/mol. The first-order valence-electron chi connectivity index (χ1n) is 9.01. The number of hydrogen-bond donors (Lipinski definition) is 1. The van der Waals surface area contributed by atoms with Crippen molar-refractivity contribution in [1.29, 1.82) is 0 Å². The monoisotopic (exact) mass is 367 g/mol. The van der Waals surface area contributed by atoms with E-state index in [0.29, 0.717) is 11.4 Å². The Morgan fingerprint density at radius 1 is 1.04 bits per heavy atom. The Bertz CT molecular complexity index is 1330. The van der Waals surface area contributed by atoms with Crippen LogP contribution in [0.15, 0.2) is 67.3 Å². The van der Waals surface area contributed by atoms with Gasteiger partial charge in [-0.3, -0.25) is 9.48 Å². The average Bonchev–Trinajstić information content (AvgIpc) is 3.35. The summed E-state index contributed by atoms with van der Waals surface area (Å²) in [6, 6.07) is 13.6. The molecule has 136 valence electrons. The summed E-state index contributed by atoms with van der Waals surface area (Å²) in [6.45, 7) is 0. The molecule has 28 heavy (non-hydrogen) atoms. The Labute approximate surface area is 160 Å². The first kappa shape index (κ1) is 16.4. The largest absolute Gasteiger partial charge is 0.361 e.